The highest BCUT2D eigenvalue weighted by Crippen LogP contribution is 2.44. The number of rotatable bonds is 11. The Balaban J connectivity index is 1.76. The van der Waals surface area contributed by atoms with Crippen molar-refractivity contribution in [2.75, 3.05) is 31.1 Å². The predicted octanol–water partition coefficient (Wildman–Crippen LogP) is 4.44. The molecule has 0 aliphatic carbocycles. The zero-order valence-electron chi connectivity index (χ0n) is 22.6. The Morgan fingerprint density at radius 2 is 1.83 bits per heavy atom. The summed E-state index contributed by atoms with van der Waals surface area (Å²) >= 11 is 0. The minimum atomic E-state index is -0.833. The molecular formula is C28H45FN4O2. The highest BCUT2D eigenvalue weighted by Gasteiger charge is 2.48. The molecule has 2 N–H and O–H groups in total. The minimum absolute atomic E-state index is 0.203. The number of amides is 2. The van der Waals surface area contributed by atoms with Crippen molar-refractivity contribution < 1.29 is 14.0 Å². The molecule has 2 aliphatic rings. The van der Waals surface area contributed by atoms with Gasteiger partial charge in [-0.2, -0.15) is 0 Å². The van der Waals surface area contributed by atoms with Crippen LogP contribution in [0.15, 0.2) is 12.1 Å². The van der Waals surface area contributed by atoms with E-state index in [2.05, 4.69) is 30.6 Å². The van der Waals surface area contributed by atoms with Crippen LogP contribution in [0, 0.1) is 11.7 Å². The molecule has 2 atom stereocenters. The van der Waals surface area contributed by atoms with Crippen molar-refractivity contribution >= 4 is 17.5 Å². The molecule has 1 aromatic rings. The summed E-state index contributed by atoms with van der Waals surface area (Å²) in [5.74, 6) is -0.352. The van der Waals surface area contributed by atoms with E-state index in [1.807, 2.05) is 26.8 Å². The zero-order chi connectivity index (χ0) is 25.9. The van der Waals surface area contributed by atoms with Crippen LogP contribution >= 0.6 is 0 Å². The second kappa shape index (κ2) is 11.4. The number of halogens is 1. The molecule has 0 spiro atoms. The van der Waals surface area contributed by atoms with E-state index in [-0.39, 0.29) is 11.7 Å². The molecule has 1 fully saturated rings. The fourth-order valence-electron chi connectivity index (χ4n) is 5.98. The summed E-state index contributed by atoms with van der Waals surface area (Å²) in [6.45, 7) is 16.7. The third-order valence-corrected chi connectivity index (χ3v) is 8.01. The molecule has 3 rings (SSSR count). The number of nitrogens with two attached hydrogens (primary N) is 1. The molecule has 2 heterocycles. The zero-order valence-corrected chi connectivity index (χ0v) is 22.6. The number of nitrogens with zero attached hydrogens (tertiary/aromatic N) is 3. The van der Waals surface area contributed by atoms with Crippen LogP contribution < -0.4 is 10.6 Å². The van der Waals surface area contributed by atoms with Gasteiger partial charge in [-0.3, -0.25) is 24.3 Å². The van der Waals surface area contributed by atoms with Crippen LogP contribution in [-0.4, -0.2) is 59.9 Å². The molecule has 7 heteroatoms. The maximum absolute atomic E-state index is 15.3. The lowest BCUT2D eigenvalue weighted by Gasteiger charge is -2.41. The van der Waals surface area contributed by atoms with Gasteiger partial charge in [-0.15, -0.1) is 0 Å². The summed E-state index contributed by atoms with van der Waals surface area (Å²) in [5, 5.41) is 0. The molecule has 2 aliphatic heterocycles. The second-order valence-electron chi connectivity index (χ2n) is 11.1. The Hall–Kier alpha value is -1.99. The standard InChI is InChI=1S/C28H45FN4O2/c1-7-10-20(11-8-2)17-32-13-12-31(16-19(32)4)18-21-14-22-25(15-23(21)29)33(24(9-3)26(30)34)27(35)28(22,5)6/h14-15,19-20,24H,7-13,16-18H2,1-6H3,(H2,30,34). The highest BCUT2D eigenvalue weighted by molar-refractivity contribution is 6.11. The van der Waals surface area contributed by atoms with Crippen molar-refractivity contribution in [1.29, 1.82) is 0 Å². The molecule has 0 bridgehead atoms. The van der Waals surface area contributed by atoms with Crippen LogP contribution in [0.25, 0.3) is 0 Å². The Bertz CT molecular complexity index is 912. The number of benzene rings is 1. The summed E-state index contributed by atoms with van der Waals surface area (Å²) in [6.07, 6.45) is 5.40. The van der Waals surface area contributed by atoms with Crippen molar-refractivity contribution in [3.63, 3.8) is 0 Å². The molecule has 1 saturated heterocycles. The average Bonchev–Trinajstić information content (AvgIpc) is 2.97. The van der Waals surface area contributed by atoms with E-state index < -0.39 is 17.4 Å². The lowest BCUT2D eigenvalue weighted by molar-refractivity contribution is -0.126. The van der Waals surface area contributed by atoms with Crippen LogP contribution in [0.5, 0.6) is 0 Å². The second-order valence-corrected chi connectivity index (χ2v) is 11.1. The molecule has 1 aromatic carbocycles. The van der Waals surface area contributed by atoms with E-state index in [1.165, 1.54) is 36.6 Å². The summed E-state index contributed by atoms with van der Waals surface area (Å²) in [4.78, 5) is 31.6. The largest absolute Gasteiger partial charge is 0.368 e. The fraction of sp³-hybridized carbons (Fsp3) is 0.714. The summed E-state index contributed by atoms with van der Waals surface area (Å²) in [6, 6.07) is 2.92. The first-order valence-electron chi connectivity index (χ1n) is 13.5. The lowest BCUT2D eigenvalue weighted by atomic mass is 9.85. The normalized spacial score (nSPS) is 21.5. The van der Waals surface area contributed by atoms with Gasteiger partial charge in [-0.25, -0.2) is 4.39 Å². The number of carbonyl (C=O) groups is 2. The number of piperazine rings is 1. The average molecular weight is 489 g/mol. The molecule has 35 heavy (non-hydrogen) atoms. The van der Waals surface area contributed by atoms with Crippen LogP contribution in [0.2, 0.25) is 0 Å². The Labute approximate surface area is 211 Å². The smallest absolute Gasteiger partial charge is 0.240 e. The number of anilines is 1. The maximum Gasteiger partial charge on any atom is 0.240 e. The number of primary amides is 1. The van der Waals surface area contributed by atoms with Gasteiger partial charge in [0.25, 0.3) is 0 Å². The highest BCUT2D eigenvalue weighted by atomic mass is 19.1. The monoisotopic (exact) mass is 488 g/mol. The third-order valence-electron chi connectivity index (χ3n) is 8.01. The maximum atomic E-state index is 15.3. The first-order valence-corrected chi connectivity index (χ1v) is 13.5. The first-order chi connectivity index (χ1) is 16.5. The summed E-state index contributed by atoms with van der Waals surface area (Å²) in [7, 11) is 0. The van der Waals surface area contributed by atoms with Crippen molar-refractivity contribution in [3.8, 4) is 0 Å². The van der Waals surface area contributed by atoms with E-state index in [1.54, 1.807) is 0 Å². The number of hydrogen-bond donors (Lipinski definition) is 1. The first kappa shape index (κ1) is 27.6. The van der Waals surface area contributed by atoms with Gasteiger partial charge in [0.15, 0.2) is 0 Å². The van der Waals surface area contributed by atoms with Gasteiger partial charge in [0, 0.05) is 44.3 Å². The lowest BCUT2D eigenvalue weighted by Crippen LogP contribution is -2.52. The number of fused-ring (bicyclic) bond motifs is 1. The van der Waals surface area contributed by atoms with Crippen molar-refractivity contribution in [2.24, 2.45) is 11.7 Å². The van der Waals surface area contributed by atoms with Gasteiger partial charge in [0.05, 0.1) is 11.1 Å². The summed E-state index contributed by atoms with van der Waals surface area (Å²) < 4.78 is 15.3. The number of carbonyl (C=O) groups excluding carboxylic acids is 2. The predicted molar refractivity (Wildman–Crippen MR) is 140 cm³/mol. The molecule has 196 valence electrons. The van der Waals surface area contributed by atoms with E-state index in [9.17, 15) is 9.59 Å². The Kier molecular flexibility index (Phi) is 8.97. The summed E-state index contributed by atoms with van der Waals surface area (Å²) in [5.41, 5.74) is 6.60. The van der Waals surface area contributed by atoms with Gasteiger partial charge in [-0.1, -0.05) is 33.6 Å². The van der Waals surface area contributed by atoms with E-state index in [0.29, 0.717) is 30.3 Å². The van der Waals surface area contributed by atoms with Crippen molar-refractivity contribution in [1.82, 2.24) is 9.80 Å². The molecule has 6 nitrogen and oxygen atoms in total. The molecule has 2 unspecified atom stereocenters. The van der Waals surface area contributed by atoms with Gasteiger partial charge in [0.1, 0.15) is 11.9 Å². The Morgan fingerprint density at radius 1 is 1.17 bits per heavy atom. The molecular weight excluding hydrogens is 443 g/mol. The molecule has 0 saturated carbocycles. The van der Waals surface area contributed by atoms with Gasteiger partial charge < -0.3 is 5.73 Å². The van der Waals surface area contributed by atoms with Crippen molar-refractivity contribution in [3.05, 3.63) is 29.1 Å². The van der Waals surface area contributed by atoms with Gasteiger partial charge >= 0.3 is 0 Å². The van der Waals surface area contributed by atoms with E-state index in [4.69, 9.17) is 5.73 Å². The van der Waals surface area contributed by atoms with Crippen LogP contribution in [0.1, 0.15) is 84.8 Å². The minimum Gasteiger partial charge on any atom is -0.368 e. The van der Waals surface area contributed by atoms with Gasteiger partial charge in [-0.05, 0) is 63.6 Å². The topological polar surface area (TPSA) is 69.9 Å². The van der Waals surface area contributed by atoms with Crippen LogP contribution in [0.4, 0.5) is 10.1 Å². The van der Waals surface area contributed by atoms with E-state index >= 15 is 4.39 Å². The molecule has 2 amide bonds. The van der Waals surface area contributed by atoms with Crippen LogP contribution in [0.3, 0.4) is 0 Å². The van der Waals surface area contributed by atoms with Gasteiger partial charge in [0.2, 0.25) is 11.8 Å². The van der Waals surface area contributed by atoms with E-state index in [0.717, 1.165) is 37.7 Å². The molecule has 0 aromatic heterocycles. The quantitative estimate of drug-likeness (QED) is 0.500. The number of hydrogen-bond acceptors (Lipinski definition) is 4. The SMILES string of the molecule is CCCC(CCC)CN1CCN(Cc2cc3c(cc2F)N(C(CC)C(N)=O)C(=O)C3(C)C)CC1C. The third kappa shape index (κ3) is 5.72. The van der Waals surface area contributed by atoms with Crippen molar-refractivity contribution in [2.45, 2.75) is 97.7 Å². The Morgan fingerprint density at radius 3 is 2.37 bits per heavy atom. The van der Waals surface area contributed by atoms with Crippen LogP contribution in [-0.2, 0) is 21.5 Å². The fourth-order valence-corrected chi connectivity index (χ4v) is 5.98. The molecule has 0 radical (unpaired) electrons.